The number of para-hydroxylation sites is 5. The Morgan fingerprint density at radius 3 is 0.933 bits per heavy atom. The summed E-state index contributed by atoms with van der Waals surface area (Å²) in [7, 11) is 0. The van der Waals surface area contributed by atoms with Crippen molar-refractivity contribution in [3.63, 3.8) is 0 Å². The van der Waals surface area contributed by atoms with E-state index in [2.05, 4.69) is 455 Å². The highest BCUT2D eigenvalue weighted by atomic mass is 15.2. The van der Waals surface area contributed by atoms with Crippen LogP contribution < -0.4 is 0 Å². The number of benzene rings is 20. The molecule has 11 heterocycles. The lowest BCUT2D eigenvalue weighted by Crippen LogP contribution is -2.15. The van der Waals surface area contributed by atoms with E-state index in [1.165, 1.54) is 130 Å². The van der Waals surface area contributed by atoms with E-state index in [0.717, 1.165) is 128 Å². The minimum Gasteiger partial charge on any atom is -0.278 e. The minimum atomic E-state index is -0.0819. The van der Waals surface area contributed by atoms with E-state index in [0.29, 0.717) is 29.4 Å². The van der Waals surface area contributed by atoms with Crippen LogP contribution in [0.3, 0.4) is 0 Å². The van der Waals surface area contributed by atoms with Gasteiger partial charge >= 0.3 is 0 Å². The molecule has 0 aliphatic heterocycles. The first-order valence-electron chi connectivity index (χ1n) is 50.2. The summed E-state index contributed by atoms with van der Waals surface area (Å²) in [5, 5.41) is 26.0. The van der Waals surface area contributed by atoms with Crippen molar-refractivity contribution < 1.29 is 0 Å². The Morgan fingerprint density at radius 2 is 0.477 bits per heavy atom. The standard InChI is InChI=1S/C39H27N3.2C33H20N4.C29H18N4/c1-39(2)32-16-8-5-13-27(32)28-20-19-26(22-33(28)39)37-30-15-6-9-17-34(30)40-38(41-37)42-35-18-10-7-14-29(35)31-21-24-11-3-4-12-25(24)23-36(31)42;1-2-9-22-18-25(16-15-21(22)8-1)31-32-28(13-7-17-34-32)35-33(36-31)37-29-14-6-5-12-26(29)27-19-23-10-3-4-11-24(23)20-30(27)37;1-2-9-22-18-25(16-15-21(22)8-1)31-27-13-7-17-34-32(27)36-33(35-31)37-29-14-6-5-12-26(29)28-19-23-10-3-4-11-24(23)20-30(28)37;1-2-9-19(10-3-1)27-28-24(14-8-16-30-28)31-29(32-27)33-25-15-7-6-13-22(25)23-17-20-11-4-5-12-21(20)18-26(23)33/h3-23H,1-2H3;2*1-20H;1-18H. The predicted octanol–water partition coefficient (Wildman–Crippen LogP) is 33.0. The van der Waals surface area contributed by atoms with E-state index in [1.54, 1.807) is 12.4 Å². The molecule has 0 unspecified atom stereocenters. The zero-order chi connectivity index (χ0) is 98.5. The highest BCUT2D eigenvalue weighted by molar-refractivity contribution is 6.18. The van der Waals surface area contributed by atoms with Gasteiger partial charge in [0.15, 0.2) is 5.65 Å². The van der Waals surface area contributed by atoms with E-state index in [4.69, 9.17) is 44.9 Å². The fourth-order valence-corrected chi connectivity index (χ4v) is 22.8. The van der Waals surface area contributed by atoms with Crippen LogP contribution in [0.25, 0.3) is 276 Å². The normalized spacial score (nSPS) is 12.3. The van der Waals surface area contributed by atoms with Crippen molar-refractivity contribution in [2.45, 2.75) is 19.3 Å². The zero-order valence-electron chi connectivity index (χ0n) is 80.8. The van der Waals surface area contributed by atoms with Crippen LogP contribution in [0.15, 0.2) is 480 Å². The number of rotatable bonds is 8. The van der Waals surface area contributed by atoms with Crippen LogP contribution in [0.5, 0.6) is 0 Å². The summed E-state index contributed by atoms with van der Waals surface area (Å²) < 4.78 is 8.78. The first-order chi connectivity index (χ1) is 73.6. The molecule has 0 fully saturated rings. The van der Waals surface area contributed by atoms with Crippen LogP contribution in [-0.2, 0) is 5.41 Å². The Balaban J connectivity index is 0.0000000938. The van der Waals surface area contributed by atoms with Crippen molar-refractivity contribution in [1.29, 1.82) is 0 Å². The van der Waals surface area contributed by atoms with E-state index >= 15 is 0 Å². The molecule has 0 saturated carbocycles. The second-order valence-electron chi connectivity index (χ2n) is 38.8. The molecule has 0 atom stereocenters. The molecule has 0 bridgehead atoms. The van der Waals surface area contributed by atoms with Gasteiger partial charge in [0, 0.05) is 100 Å². The molecule has 31 aromatic rings. The molecule has 15 heteroatoms. The van der Waals surface area contributed by atoms with Gasteiger partial charge in [0.25, 0.3) is 0 Å². The highest BCUT2D eigenvalue weighted by Gasteiger charge is 2.36. The quantitative estimate of drug-likeness (QED) is 0.142. The molecule has 15 nitrogen and oxygen atoms in total. The second kappa shape index (κ2) is 34.7. The molecule has 20 aromatic carbocycles. The van der Waals surface area contributed by atoms with Crippen LogP contribution in [0.1, 0.15) is 25.0 Å². The van der Waals surface area contributed by atoms with Gasteiger partial charge < -0.3 is 0 Å². The maximum Gasteiger partial charge on any atom is 0.237 e. The SMILES string of the molecule is CC1(C)c2ccccc2-c2ccc(-c3nc(-n4c5ccccc5c5cc6ccccc6cc54)nc4ccccc34)cc21.c1ccc(-c2nc(-n3c4ccccc4c4cc5ccccc5cc43)nc3cccnc23)cc1.c1ccc2cc(-c3nc(-n4c5ccccc5c5cc6ccccc6cc54)nc4cccnc34)ccc2c1.c1ccc2cc(-c3nc(-n4c5ccccc5c5cc6ccccc6cc54)nc4ncccc34)ccc2c1. The van der Waals surface area contributed by atoms with Gasteiger partial charge in [0.2, 0.25) is 23.8 Å². The van der Waals surface area contributed by atoms with Crippen molar-refractivity contribution in [3.8, 4) is 79.9 Å². The van der Waals surface area contributed by atoms with Crippen molar-refractivity contribution in [1.82, 2.24) is 73.1 Å². The fourth-order valence-electron chi connectivity index (χ4n) is 22.8. The summed E-state index contributed by atoms with van der Waals surface area (Å²) in [4.78, 5) is 55.0. The molecule has 11 aromatic heterocycles. The summed E-state index contributed by atoms with van der Waals surface area (Å²) in [6, 6.07) is 162. The van der Waals surface area contributed by atoms with Gasteiger partial charge in [0.1, 0.15) is 22.4 Å². The molecule has 0 N–H and O–H groups in total. The second-order valence-corrected chi connectivity index (χ2v) is 38.8. The highest BCUT2D eigenvalue weighted by Crippen LogP contribution is 2.51. The van der Waals surface area contributed by atoms with Gasteiger partial charge in [-0.25, -0.2) is 39.9 Å². The Bertz CT molecular complexity index is 10700. The molecule has 1 aliphatic carbocycles. The first-order valence-corrected chi connectivity index (χ1v) is 50.2. The molecule has 149 heavy (non-hydrogen) atoms. The van der Waals surface area contributed by atoms with Gasteiger partial charge in [-0.15, -0.1) is 0 Å². The lowest BCUT2D eigenvalue weighted by Gasteiger charge is -2.22. The number of hydrogen-bond donors (Lipinski definition) is 0. The molecular formula is C134H85N15. The van der Waals surface area contributed by atoms with E-state index in [-0.39, 0.29) is 5.41 Å². The first kappa shape index (κ1) is 85.7. The number of hydrogen-bond acceptors (Lipinski definition) is 11. The van der Waals surface area contributed by atoms with Crippen LogP contribution >= 0.6 is 0 Å². The van der Waals surface area contributed by atoms with E-state index < -0.39 is 0 Å². The lowest BCUT2D eigenvalue weighted by atomic mass is 9.82. The zero-order valence-corrected chi connectivity index (χ0v) is 80.8. The lowest BCUT2D eigenvalue weighted by molar-refractivity contribution is 0.660. The molecule has 1 aliphatic rings. The van der Waals surface area contributed by atoms with E-state index in [1.807, 2.05) is 54.7 Å². The Morgan fingerprint density at radius 1 is 0.174 bits per heavy atom. The van der Waals surface area contributed by atoms with Crippen molar-refractivity contribution >= 4 is 196 Å². The number of fused-ring (bicyclic) bond motifs is 25. The number of nitrogens with zero attached hydrogens (tertiary/aromatic N) is 15. The third-order valence-electron chi connectivity index (χ3n) is 29.8. The van der Waals surface area contributed by atoms with Gasteiger partial charge in [0.05, 0.1) is 72.1 Å². The number of aromatic nitrogens is 15. The minimum absolute atomic E-state index is 0.0819. The predicted molar refractivity (Wildman–Crippen MR) is 613 cm³/mol. The Kier molecular flexibility index (Phi) is 19.9. The molecule has 32 rings (SSSR count). The van der Waals surface area contributed by atoms with Gasteiger partial charge in [-0.2, -0.15) is 4.98 Å². The van der Waals surface area contributed by atoms with Gasteiger partial charge in [-0.3, -0.25) is 28.2 Å². The van der Waals surface area contributed by atoms with Gasteiger partial charge in [-0.05, 0) is 220 Å². The third-order valence-corrected chi connectivity index (χ3v) is 29.8. The van der Waals surface area contributed by atoms with Crippen LogP contribution in [-0.4, -0.2) is 73.1 Å². The van der Waals surface area contributed by atoms with Crippen LogP contribution in [0.2, 0.25) is 0 Å². The molecule has 0 spiro atoms. The number of pyridine rings is 3. The molecular weight excluding hydrogens is 1820 g/mol. The van der Waals surface area contributed by atoms with E-state index in [9.17, 15) is 0 Å². The van der Waals surface area contributed by atoms with Crippen molar-refractivity contribution in [2.24, 2.45) is 0 Å². The maximum atomic E-state index is 5.37. The molecule has 696 valence electrons. The van der Waals surface area contributed by atoms with Gasteiger partial charge in [-0.1, -0.05) is 341 Å². The van der Waals surface area contributed by atoms with Crippen LogP contribution in [0, 0.1) is 0 Å². The molecule has 0 saturated heterocycles. The Hall–Kier alpha value is -20.0. The summed E-state index contributed by atoms with van der Waals surface area (Å²) in [5.41, 5.74) is 26.6. The largest absolute Gasteiger partial charge is 0.278 e. The van der Waals surface area contributed by atoms with Crippen LogP contribution in [0.4, 0.5) is 0 Å². The fraction of sp³-hybridized carbons (Fsp3) is 0.0224. The topological polar surface area (TPSA) is 162 Å². The monoisotopic (exact) mass is 1900 g/mol. The molecule has 0 radical (unpaired) electrons. The average molecular weight is 1910 g/mol. The van der Waals surface area contributed by atoms with Crippen molar-refractivity contribution in [3.05, 3.63) is 491 Å². The summed E-state index contributed by atoms with van der Waals surface area (Å²) in [6.45, 7) is 4.65. The average Bonchev–Trinajstić information content (AvgIpc) is 1.59. The summed E-state index contributed by atoms with van der Waals surface area (Å²) in [5.74, 6) is 2.60. The smallest absolute Gasteiger partial charge is 0.237 e. The van der Waals surface area contributed by atoms with Crippen molar-refractivity contribution in [2.75, 3.05) is 0 Å². The third kappa shape index (κ3) is 14.4. The Labute approximate surface area is 853 Å². The maximum absolute atomic E-state index is 5.37. The summed E-state index contributed by atoms with van der Waals surface area (Å²) in [6.07, 6.45) is 5.40. The summed E-state index contributed by atoms with van der Waals surface area (Å²) >= 11 is 0. The molecule has 0 amide bonds.